The maximum Gasteiger partial charge on any atom is 0.263 e. The van der Waals surface area contributed by atoms with Gasteiger partial charge in [-0.15, -0.1) is 11.8 Å². The highest BCUT2D eigenvalue weighted by molar-refractivity contribution is 9.09. The molecule has 0 saturated carbocycles. The van der Waals surface area contributed by atoms with Crippen LogP contribution in [0.3, 0.4) is 0 Å². The fourth-order valence-corrected chi connectivity index (χ4v) is 2.52. The smallest absolute Gasteiger partial charge is 0.263 e. The third-order valence-electron chi connectivity index (χ3n) is 2.14. The molecule has 1 aromatic carbocycles. The van der Waals surface area contributed by atoms with Gasteiger partial charge in [0.15, 0.2) is 0 Å². The summed E-state index contributed by atoms with van der Waals surface area (Å²) >= 11 is 4.61. The summed E-state index contributed by atoms with van der Waals surface area (Å²) in [5.74, 6) is -0.0416. The summed E-state index contributed by atoms with van der Waals surface area (Å²) in [4.78, 5) is 11.5. The standard InChI is InChI=1S/C11H11BrF2OS/c1-6(15)10(12)8-4-3-7(11(13)14)5-9(8)16-2/h3-5,10-11H,1-2H3. The highest BCUT2D eigenvalue weighted by atomic mass is 79.9. The van der Waals surface area contributed by atoms with Crippen molar-refractivity contribution in [1.29, 1.82) is 0 Å². The fourth-order valence-electron chi connectivity index (χ4n) is 1.29. The molecule has 0 saturated heterocycles. The van der Waals surface area contributed by atoms with Gasteiger partial charge in [0.05, 0.1) is 4.83 Å². The lowest BCUT2D eigenvalue weighted by molar-refractivity contribution is -0.116. The normalized spacial score (nSPS) is 12.9. The van der Waals surface area contributed by atoms with Crippen LogP contribution in [0.15, 0.2) is 23.1 Å². The molecule has 88 valence electrons. The lowest BCUT2D eigenvalue weighted by Crippen LogP contribution is -2.03. The van der Waals surface area contributed by atoms with Gasteiger partial charge in [-0.25, -0.2) is 8.78 Å². The van der Waals surface area contributed by atoms with E-state index in [-0.39, 0.29) is 11.3 Å². The molecule has 0 aliphatic heterocycles. The molecule has 0 amide bonds. The molecule has 1 atom stereocenters. The Bertz CT molecular complexity index is 396. The van der Waals surface area contributed by atoms with E-state index < -0.39 is 11.3 Å². The number of Topliss-reactive ketones (excluding diaryl/α,β-unsaturated/α-hetero) is 1. The van der Waals surface area contributed by atoms with Gasteiger partial charge in [0.25, 0.3) is 6.43 Å². The molecule has 0 aliphatic rings. The van der Waals surface area contributed by atoms with Crippen molar-refractivity contribution in [3.05, 3.63) is 29.3 Å². The number of carbonyl (C=O) groups is 1. The zero-order chi connectivity index (χ0) is 12.3. The van der Waals surface area contributed by atoms with Gasteiger partial charge in [-0.3, -0.25) is 4.79 Å². The third-order valence-corrected chi connectivity index (χ3v) is 4.07. The lowest BCUT2D eigenvalue weighted by Gasteiger charge is -2.12. The first-order chi connectivity index (χ1) is 7.47. The van der Waals surface area contributed by atoms with Crippen molar-refractivity contribution < 1.29 is 13.6 Å². The van der Waals surface area contributed by atoms with Crippen molar-refractivity contribution in [3.63, 3.8) is 0 Å². The van der Waals surface area contributed by atoms with Crippen LogP contribution in [0.4, 0.5) is 8.78 Å². The first kappa shape index (κ1) is 13.6. The second kappa shape index (κ2) is 5.77. The average Bonchev–Trinajstić information content (AvgIpc) is 2.26. The number of thioether (sulfide) groups is 1. The quantitative estimate of drug-likeness (QED) is 0.607. The summed E-state index contributed by atoms with van der Waals surface area (Å²) in [5.41, 5.74) is 0.723. The van der Waals surface area contributed by atoms with Gasteiger partial charge >= 0.3 is 0 Å². The Labute approximate surface area is 106 Å². The van der Waals surface area contributed by atoms with Crippen LogP contribution in [0, 0.1) is 0 Å². The van der Waals surface area contributed by atoms with Crippen molar-refractivity contribution in [2.75, 3.05) is 6.26 Å². The van der Waals surface area contributed by atoms with Gasteiger partial charge in [-0.1, -0.05) is 28.1 Å². The molecule has 0 aliphatic carbocycles. The van der Waals surface area contributed by atoms with E-state index in [1.54, 1.807) is 12.3 Å². The number of halogens is 3. The van der Waals surface area contributed by atoms with E-state index in [1.165, 1.54) is 30.8 Å². The Balaban J connectivity index is 3.16. The minimum absolute atomic E-state index is 0.0173. The molecule has 0 heterocycles. The Morgan fingerprint density at radius 3 is 2.50 bits per heavy atom. The van der Waals surface area contributed by atoms with Crippen molar-refractivity contribution in [3.8, 4) is 0 Å². The molecule has 5 heteroatoms. The molecule has 1 aromatic rings. The van der Waals surface area contributed by atoms with E-state index in [9.17, 15) is 13.6 Å². The van der Waals surface area contributed by atoms with Crippen LogP contribution in [0.1, 0.15) is 29.3 Å². The minimum atomic E-state index is -2.48. The molecule has 0 aromatic heterocycles. The van der Waals surface area contributed by atoms with E-state index in [0.29, 0.717) is 4.90 Å². The van der Waals surface area contributed by atoms with Crippen LogP contribution < -0.4 is 0 Å². The summed E-state index contributed by atoms with van der Waals surface area (Å²) in [7, 11) is 0. The van der Waals surface area contributed by atoms with Crippen LogP contribution in [-0.4, -0.2) is 12.0 Å². The summed E-state index contributed by atoms with van der Waals surface area (Å²) < 4.78 is 25.0. The highest BCUT2D eigenvalue weighted by Crippen LogP contribution is 2.34. The number of alkyl halides is 3. The fraction of sp³-hybridized carbons (Fsp3) is 0.364. The Hall–Kier alpha value is -0.420. The van der Waals surface area contributed by atoms with Crippen LogP contribution in [0.2, 0.25) is 0 Å². The Morgan fingerprint density at radius 1 is 1.44 bits per heavy atom. The Morgan fingerprint density at radius 2 is 2.06 bits per heavy atom. The van der Waals surface area contributed by atoms with Gasteiger partial charge < -0.3 is 0 Å². The summed E-state index contributed by atoms with van der Waals surface area (Å²) in [5, 5.41) is 0. The van der Waals surface area contributed by atoms with Crippen molar-refractivity contribution in [2.24, 2.45) is 0 Å². The van der Waals surface area contributed by atoms with Crippen LogP contribution >= 0.6 is 27.7 Å². The maximum atomic E-state index is 12.5. The molecule has 0 bridgehead atoms. The van der Waals surface area contributed by atoms with Gasteiger partial charge in [0, 0.05) is 10.5 Å². The summed E-state index contributed by atoms with van der Waals surface area (Å²) in [6.45, 7) is 1.46. The van der Waals surface area contributed by atoms with Crippen molar-refractivity contribution in [2.45, 2.75) is 23.1 Å². The van der Waals surface area contributed by atoms with E-state index in [0.717, 1.165) is 5.56 Å². The molecule has 1 unspecified atom stereocenters. The molecule has 1 nitrogen and oxygen atoms in total. The predicted molar refractivity (Wildman–Crippen MR) is 65.5 cm³/mol. The third kappa shape index (κ3) is 3.04. The van der Waals surface area contributed by atoms with Gasteiger partial charge in [0.1, 0.15) is 5.78 Å². The number of carbonyl (C=O) groups excluding carboxylic acids is 1. The first-order valence-electron chi connectivity index (χ1n) is 4.58. The molecule has 0 N–H and O–H groups in total. The number of hydrogen-bond acceptors (Lipinski definition) is 2. The SMILES string of the molecule is CSc1cc(C(F)F)ccc1C(Br)C(C)=O. The van der Waals surface area contributed by atoms with Gasteiger partial charge in [-0.05, 0) is 24.8 Å². The van der Waals surface area contributed by atoms with Crippen LogP contribution in [0.25, 0.3) is 0 Å². The van der Waals surface area contributed by atoms with E-state index in [4.69, 9.17) is 0 Å². The molecular weight excluding hydrogens is 298 g/mol. The minimum Gasteiger partial charge on any atom is -0.298 e. The number of ketones is 1. The van der Waals surface area contributed by atoms with E-state index in [2.05, 4.69) is 15.9 Å². The predicted octanol–water partition coefficient (Wildman–Crippen LogP) is 4.37. The topological polar surface area (TPSA) is 17.1 Å². The average molecular weight is 309 g/mol. The van der Waals surface area contributed by atoms with Crippen molar-refractivity contribution in [1.82, 2.24) is 0 Å². The number of hydrogen-bond donors (Lipinski definition) is 0. The monoisotopic (exact) mass is 308 g/mol. The second-order valence-electron chi connectivity index (χ2n) is 3.28. The summed E-state index contributed by atoms with van der Waals surface area (Å²) in [6.07, 6.45) is -0.681. The van der Waals surface area contributed by atoms with E-state index in [1.807, 2.05) is 0 Å². The molecule has 0 fully saturated rings. The van der Waals surface area contributed by atoms with Crippen LogP contribution in [0.5, 0.6) is 0 Å². The number of rotatable bonds is 4. The largest absolute Gasteiger partial charge is 0.298 e. The summed E-state index contributed by atoms with van der Waals surface area (Å²) in [6, 6.07) is 4.37. The zero-order valence-electron chi connectivity index (χ0n) is 8.84. The van der Waals surface area contributed by atoms with Gasteiger partial charge in [0.2, 0.25) is 0 Å². The van der Waals surface area contributed by atoms with Gasteiger partial charge in [-0.2, -0.15) is 0 Å². The lowest BCUT2D eigenvalue weighted by atomic mass is 10.1. The molecule has 0 spiro atoms. The van der Waals surface area contributed by atoms with E-state index >= 15 is 0 Å². The highest BCUT2D eigenvalue weighted by Gasteiger charge is 2.18. The first-order valence-corrected chi connectivity index (χ1v) is 6.72. The molecule has 0 radical (unpaired) electrons. The Kier molecular flexibility index (Phi) is 4.92. The van der Waals surface area contributed by atoms with Crippen molar-refractivity contribution >= 4 is 33.5 Å². The molecule has 16 heavy (non-hydrogen) atoms. The zero-order valence-corrected chi connectivity index (χ0v) is 11.2. The molecule has 1 rings (SSSR count). The number of benzene rings is 1. The second-order valence-corrected chi connectivity index (χ2v) is 5.04. The van der Waals surface area contributed by atoms with Crippen LogP contribution in [-0.2, 0) is 4.79 Å². The molecular formula is C11H11BrF2OS. The maximum absolute atomic E-state index is 12.5.